The predicted octanol–water partition coefficient (Wildman–Crippen LogP) is 3.28. The summed E-state index contributed by atoms with van der Waals surface area (Å²) in [5.41, 5.74) is 1.30. The van der Waals surface area contributed by atoms with E-state index >= 15 is 0 Å². The van der Waals surface area contributed by atoms with Gasteiger partial charge in [0.05, 0.1) is 0 Å². The Morgan fingerprint density at radius 3 is 2.19 bits per heavy atom. The fraction of sp³-hybridized carbons (Fsp3) is 0.462. The topological polar surface area (TPSA) is 26.3 Å². The molecule has 0 aliphatic carbocycles. The average Bonchev–Trinajstić information content (AvgIpc) is 2.21. The van der Waals surface area contributed by atoms with Gasteiger partial charge in [-0.25, -0.2) is 0 Å². The monoisotopic (exact) mass is 307 g/mol. The molecule has 1 aromatic rings. The van der Waals surface area contributed by atoms with E-state index in [4.69, 9.17) is 0 Å². The van der Waals surface area contributed by atoms with Crippen molar-refractivity contribution in [3.63, 3.8) is 0 Å². The van der Waals surface area contributed by atoms with Gasteiger partial charge in [0.2, 0.25) is 0 Å². The van der Waals surface area contributed by atoms with Crippen LogP contribution in [0.1, 0.15) is 38.7 Å². The van der Waals surface area contributed by atoms with Crippen LogP contribution in [-0.4, -0.2) is 6.47 Å². The van der Waals surface area contributed by atoms with E-state index < -0.39 is 0 Å². The first kappa shape index (κ1) is 15.3. The number of hydrogen-bond acceptors (Lipinski definition) is 2. The molecule has 0 N–H and O–H groups in total. The van der Waals surface area contributed by atoms with Crippen LogP contribution >= 0.6 is 0 Å². The van der Waals surface area contributed by atoms with Crippen molar-refractivity contribution < 1.29 is 29.0 Å². The van der Waals surface area contributed by atoms with Gasteiger partial charge >= 0.3 is 19.5 Å². The van der Waals surface area contributed by atoms with Crippen LogP contribution in [0.2, 0.25) is 0 Å². The predicted molar refractivity (Wildman–Crippen MR) is 60.6 cm³/mol. The van der Waals surface area contributed by atoms with Crippen molar-refractivity contribution in [3.05, 3.63) is 29.8 Å². The van der Waals surface area contributed by atoms with E-state index in [2.05, 4.69) is 25.5 Å². The van der Waals surface area contributed by atoms with Crippen LogP contribution in [0.25, 0.3) is 0 Å². The third-order valence-electron chi connectivity index (χ3n) is 2.71. The van der Waals surface area contributed by atoms with Gasteiger partial charge in [-0.1, -0.05) is 32.9 Å². The van der Waals surface area contributed by atoms with Gasteiger partial charge in [-0.15, -0.1) is 12.1 Å². The molecule has 2 nitrogen and oxygen atoms in total. The Morgan fingerprint density at radius 2 is 1.81 bits per heavy atom. The fourth-order valence-electron chi connectivity index (χ4n) is 1.92. The number of rotatable bonds is 5. The molecule has 0 spiro atoms. The molecule has 1 rings (SSSR count). The van der Waals surface area contributed by atoms with Gasteiger partial charge in [0.15, 0.2) is 6.47 Å². The third kappa shape index (κ3) is 4.05. The molecule has 0 amide bonds. The molecule has 1 unspecified atom stereocenters. The third-order valence-corrected chi connectivity index (χ3v) is 2.71. The van der Waals surface area contributed by atoms with Crippen LogP contribution in [-0.2, 0) is 24.3 Å². The van der Waals surface area contributed by atoms with Gasteiger partial charge < -0.3 is 9.53 Å². The maximum Gasteiger partial charge on any atom is 2.00 e. The van der Waals surface area contributed by atoms with E-state index in [9.17, 15) is 4.79 Å². The zero-order chi connectivity index (χ0) is 11.3. The van der Waals surface area contributed by atoms with Crippen LogP contribution < -0.4 is 4.74 Å². The maximum absolute atomic E-state index is 10.0. The van der Waals surface area contributed by atoms with E-state index in [1.807, 2.05) is 24.3 Å². The summed E-state index contributed by atoms with van der Waals surface area (Å²) >= 11 is 0. The number of carbonyl (C=O) groups excluding carboxylic acids is 1. The largest absolute Gasteiger partial charge is 2.00 e. The fourth-order valence-corrected chi connectivity index (χ4v) is 1.92. The van der Waals surface area contributed by atoms with Crippen molar-refractivity contribution in [2.45, 2.75) is 33.1 Å². The van der Waals surface area contributed by atoms with Crippen LogP contribution in [0.3, 0.4) is 0 Å². The van der Waals surface area contributed by atoms with Gasteiger partial charge in [-0.3, -0.25) is 0 Å². The van der Waals surface area contributed by atoms with Crippen LogP contribution in [0.5, 0.6) is 5.75 Å². The van der Waals surface area contributed by atoms with Crippen molar-refractivity contribution >= 4 is 6.47 Å². The molecule has 16 heavy (non-hydrogen) atoms. The van der Waals surface area contributed by atoms with Crippen LogP contribution in [0, 0.1) is 5.92 Å². The van der Waals surface area contributed by atoms with Crippen molar-refractivity contribution in [1.82, 2.24) is 0 Å². The SMILES string of the molecule is CCC(c1ccc(O[C-]=O)cc1)C(C)C.[Ru+2]. The zero-order valence-electron chi connectivity index (χ0n) is 9.84. The molecule has 1 aromatic carbocycles. The smallest absolute Gasteiger partial charge is 0.610 e. The Hall–Kier alpha value is -0.687. The molecule has 3 heteroatoms. The van der Waals surface area contributed by atoms with Crippen molar-refractivity contribution in [1.29, 1.82) is 0 Å². The summed E-state index contributed by atoms with van der Waals surface area (Å²) in [6, 6.07) is 7.65. The molecule has 0 aliphatic rings. The van der Waals surface area contributed by atoms with Crippen molar-refractivity contribution in [2.75, 3.05) is 0 Å². The molecular weight excluding hydrogens is 289 g/mol. The number of hydrogen-bond donors (Lipinski definition) is 0. The van der Waals surface area contributed by atoms with E-state index in [0.717, 1.165) is 6.42 Å². The summed E-state index contributed by atoms with van der Waals surface area (Å²) in [5, 5.41) is 0. The second-order valence-electron chi connectivity index (χ2n) is 4.01. The van der Waals surface area contributed by atoms with Crippen LogP contribution in [0.15, 0.2) is 24.3 Å². The maximum atomic E-state index is 10.0. The summed E-state index contributed by atoms with van der Waals surface area (Å²) < 4.78 is 4.63. The molecule has 0 bridgehead atoms. The molecule has 1 atom stereocenters. The van der Waals surface area contributed by atoms with Gasteiger partial charge in [0.25, 0.3) is 0 Å². The summed E-state index contributed by atoms with van der Waals surface area (Å²) in [6.45, 7) is 8.05. The molecule has 0 aromatic heterocycles. The quantitative estimate of drug-likeness (QED) is 0.616. The summed E-state index contributed by atoms with van der Waals surface area (Å²) in [4.78, 5) is 10.0. The van der Waals surface area contributed by atoms with Gasteiger partial charge in [-0.05, 0) is 29.6 Å². The second kappa shape index (κ2) is 7.56. The Labute approximate surface area is 110 Å². The Morgan fingerprint density at radius 1 is 1.25 bits per heavy atom. The molecule has 0 saturated carbocycles. The summed E-state index contributed by atoms with van der Waals surface area (Å²) in [5.74, 6) is 1.74. The first-order valence-corrected chi connectivity index (χ1v) is 5.33. The molecule has 0 radical (unpaired) electrons. The van der Waals surface area contributed by atoms with Gasteiger partial charge in [-0.2, -0.15) is 0 Å². The van der Waals surface area contributed by atoms with Crippen molar-refractivity contribution in [2.24, 2.45) is 5.92 Å². The Kier molecular flexibility index (Phi) is 7.24. The van der Waals surface area contributed by atoms with E-state index in [-0.39, 0.29) is 19.5 Å². The molecule has 0 saturated heterocycles. The van der Waals surface area contributed by atoms with Gasteiger partial charge in [0.1, 0.15) is 0 Å². The first-order chi connectivity index (χ1) is 7.19. The summed E-state index contributed by atoms with van der Waals surface area (Å²) in [7, 11) is 0. The second-order valence-corrected chi connectivity index (χ2v) is 4.01. The van der Waals surface area contributed by atoms with E-state index in [0.29, 0.717) is 17.6 Å². The first-order valence-electron chi connectivity index (χ1n) is 5.33. The minimum Gasteiger partial charge on any atom is -0.610 e. The minimum absolute atomic E-state index is 0. The summed E-state index contributed by atoms with van der Waals surface area (Å²) in [6.07, 6.45) is 1.12. The molecule has 0 heterocycles. The van der Waals surface area contributed by atoms with E-state index in [1.165, 1.54) is 12.0 Å². The number of benzene rings is 1. The normalized spacial score (nSPS) is 11.8. The standard InChI is InChI=1S/C13H17O2.Ru/c1-4-13(10(2)3)11-5-7-12(8-6-11)15-9-14;/h5-8,10,13H,4H2,1-3H3;/q-1;+2. The molecular formula is C13H17O2Ru+. The molecule has 88 valence electrons. The average molecular weight is 306 g/mol. The van der Waals surface area contributed by atoms with Gasteiger partial charge in [0, 0.05) is 0 Å². The van der Waals surface area contributed by atoms with Crippen molar-refractivity contribution in [3.8, 4) is 5.75 Å². The Balaban J connectivity index is 0.00000225. The minimum atomic E-state index is 0. The number of ether oxygens (including phenoxy) is 1. The zero-order valence-corrected chi connectivity index (χ0v) is 11.6. The molecule has 0 fully saturated rings. The van der Waals surface area contributed by atoms with Crippen LogP contribution in [0.4, 0.5) is 0 Å². The molecule has 0 aliphatic heterocycles. The Bertz CT molecular complexity index is 306. The van der Waals surface area contributed by atoms with E-state index in [1.54, 1.807) is 0 Å².